The highest BCUT2D eigenvalue weighted by Crippen LogP contribution is 2.17. The van der Waals surface area contributed by atoms with Crippen LogP contribution in [0.3, 0.4) is 0 Å². The van der Waals surface area contributed by atoms with Gasteiger partial charge in [0.1, 0.15) is 5.82 Å². The monoisotopic (exact) mass is 289 g/mol. The lowest BCUT2D eigenvalue weighted by Crippen LogP contribution is -2.21. The number of aliphatic carboxylic acids is 1. The van der Waals surface area contributed by atoms with E-state index in [4.69, 9.17) is 5.11 Å². The molecule has 0 saturated carbocycles. The first-order chi connectivity index (χ1) is 7.49. The van der Waals surface area contributed by atoms with Crippen LogP contribution in [0.4, 0.5) is 4.39 Å². The highest BCUT2D eigenvalue weighted by Gasteiger charge is 2.05. The third kappa shape index (κ3) is 4.28. The minimum atomic E-state index is -0.825. The zero-order valence-electron chi connectivity index (χ0n) is 8.91. The summed E-state index contributed by atoms with van der Waals surface area (Å²) in [5.41, 5.74) is 0.827. The molecule has 0 radical (unpaired) electrons. The number of rotatable bonds is 5. The van der Waals surface area contributed by atoms with Crippen LogP contribution in [-0.2, 0) is 11.3 Å². The summed E-state index contributed by atoms with van der Waals surface area (Å²) in [6.45, 7) is 0.991. The summed E-state index contributed by atoms with van der Waals surface area (Å²) in [5, 5.41) is 8.52. The Morgan fingerprint density at radius 2 is 2.25 bits per heavy atom. The Morgan fingerprint density at radius 1 is 1.56 bits per heavy atom. The van der Waals surface area contributed by atoms with Crippen LogP contribution in [0.1, 0.15) is 12.0 Å². The molecule has 3 nitrogen and oxygen atoms in total. The van der Waals surface area contributed by atoms with Crippen LogP contribution in [-0.4, -0.2) is 29.6 Å². The molecular formula is C11H13BrFNO2. The summed E-state index contributed by atoms with van der Waals surface area (Å²) in [6, 6.07) is 4.90. The first kappa shape index (κ1) is 13.1. The summed E-state index contributed by atoms with van der Waals surface area (Å²) in [4.78, 5) is 12.2. The number of carbonyl (C=O) groups is 1. The van der Waals surface area contributed by atoms with Gasteiger partial charge in [0.2, 0.25) is 0 Å². The first-order valence-electron chi connectivity index (χ1n) is 4.83. The van der Waals surface area contributed by atoms with E-state index in [1.165, 1.54) is 6.07 Å². The molecule has 0 atom stereocenters. The van der Waals surface area contributed by atoms with Crippen LogP contribution >= 0.6 is 15.9 Å². The van der Waals surface area contributed by atoms with Crippen molar-refractivity contribution in [2.45, 2.75) is 13.0 Å². The average molecular weight is 290 g/mol. The van der Waals surface area contributed by atoms with Gasteiger partial charge < -0.3 is 10.0 Å². The Morgan fingerprint density at radius 3 is 2.81 bits per heavy atom. The predicted molar refractivity (Wildman–Crippen MR) is 62.7 cm³/mol. The van der Waals surface area contributed by atoms with Gasteiger partial charge in [-0.05, 0) is 40.7 Å². The van der Waals surface area contributed by atoms with Gasteiger partial charge in [0, 0.05) is 13.1 Å². The molecule has 88 valence electrons. The molecule has 0 aromatic heterocycles. The zero-order chi connectivity index (χ0) is 12.1. The van der Waals surface area contributed by atoms with Crippen molar-refractivity contribution < 1.29 is 14.3 Å². The van der Waals surface area contributed by atoms with Gasteiger partial charge in [0.05, 0.1) is 10.9 Å². The lowest BCUT2D eigenvalue weighted by molar-refractivity contribution is -0.137. The number of hydrogen-bond acceptors (Lipinski definition) is 2. The summed E-state index contributed by atoms with van der Waals surface area (Å²) in [6.07, 6.45) is 0.0928. The standard InChI is InChI=1S/C11H13BrFNO2/c1-14(5-4-11(15)16)7-8-2-3-9(12)10(13)6-8/h2-3,6H,4-5,7H2,1H3,(H,15,16). The maximum atomic E-state index is 13.2. The fourth-order valence-corrected chi connectivity index (χ4v) is 1.56. The highest BCUT2D eigenvalue weighted by molar-refractivity contribution is 9.10. The molecule has 5 heteroatoms. The van der Waals surface area contributed by atoms with E-state index in [2.05, 4.69) is 15.9 Å². The van der Waals surface area contributed by atoms with Gasteiger partial charge in [0.25, 0.3) is 0 Å². The van der Waals surface area contributed by atoms with E-state index in [1.54, 1.807) is 6.07 Å². The molecule has 1 N–H and O–H groups in total. The Bertz CT molecular complexity index is 384. The molecular weight excluding hydrogens is 277 g/mol. The van der Waals surface area contributed by atoms with Crippen molar-refractivity contribution in [1.82, 2.24) is 4.90 Å². The van der Waals surface area contributed by atoms with Crippen molar-refractivity contribution in [2.24, 2.45) is 0 Å². The van der Waals surface area contributed by atoms with Crippen molar-refractivity contribution in [3.05, 3.63) is 34.1 Å². The molecule has 1 aromatic carbocycles. The van der Waals surface area contributed by atoms with Crippen molar-refractivity contribution >= 4 is 21.9 Å². The lowest BCUT2D eigenvalue weighted by Gasteiger charge is -2.15. The van der Waals surface area contributed by atoms with E-state index >= 15 is 0 Å². The molecule has 1 rings (SSSR count). The molecule has 0 heterocycles. The number of nitrogens with zero attached hydrogens (tertiary/aromatic N) is 1. The fourth-order valence-electron chi connectivity index (χ4n) is 1.32. The third-order valence-electron chi connectivity index (χ3n) is 2.14. The molecule has 0 saturated heterocycles. The molecule has 0 aliphatic rings. The van der Waals surface area contributed by atoms with Crippen LogP contribution in [0, 0.1) is 5.82 Å². The van der Waals surface area contributed by atoms with E-state index < -0.39 is 5.97 Å². The molecule has 0 aliphatic heterocycles. The van der Waals surface area contributed by atoms with Crippen molar-refractivity contribution in [1.29, 1.82) is 0 Å². The number of benzene rings is 1. The molecule has 0 unspecified atom stereocenters. The van der Waals surface area contributed by atoms with Gasteiger partial charge in [-0.3, -0.25) is 4.79 Å². The maximum Gasteiger partial charge on any atom is 0.304 e. The molecule has 0 aliphatic carbocycles. The highest BCUT2D eigenvalue weighted by atomic mass is 79.9. The normalized spacial score (nSPS) is 10.8. The van der Waals surface area contributed by atoms with E-state index in [-0.39, 0.29) is 12.2 Å². The summed E-state index contributed by atoms with van der Waals surface area (Å²) in [5.74, 6) is -1.13. The van der Waals surface area contributed by atoms with E-state index in [1.807, 2.05) is 18.0 Å². The number of carboxylic acid groups (broad SMARTS) is 1. The minimum absolute atomic E-state index is 0.0928. The fraction of sp³-hybridized carbons (Fsp3) is 0.364. The van der Waals surface area contributed by atoms with Gasteiger partial charge in [-0.15, -0.1) is 0 Å². The smallest absolute Gasteiger partial charge is 0.304 e. The van der Waals surface area contributed by atoms with Crippen LogP contribution in [0.2, 0.25) is 0 Å². The molecule has 0 spiro atoms. The number of halogens is 2. The van der Waals surface area contributed by atoms with Crippen molar-refractivity contribution in [2.75, 3.05) is 13.6 Å². The van der Waals surface area contributed by atoms with Crippen LogP contribution in [0.15, 0.2) is 22.7 Å². The van der Waals surface area contributed by atoms with E-state index in [0.29, 0.717) is 17.6 Å². The van der Waals surface area contributed by atoms with Gasteiger partial charge in [-0.2, -0.15) is 0 Å². The number of hydrogen-bond donors (Lipinski definition) is 1. The summed E-state index contributed by atoms with van der Waals surface area (Å²) < 4.78 is 13.6. The largest absolute Gasteiger partial charge is 0.481 e. The van der Waals surface area contributed by atoms with Gasteiger partial charge in [0.15, 0.2) is 0 Å². The predicted octanol–water partition coefficient (Wildman–Crippen LogP) is 2.49. The molecule has 0 fully saturated rings. The molecule has 1 aromatic rings. The third-order valence-corrected chi connectivity index (χ3v) is 2.79. The second-order valence-corrected chi connectivity index (χ2v) is 4.48. The molecule has 0 amide bonds. The summed E-state index contributed by atoms with van der Waals surface area (Å²) >= 11 is 3.08. The van der Waals surface area contributed by atoms with E-state index in [9.17, 15) is 9.18 Å². The second kappa shape index (κ2) is 5.96. The first-order valence-corrected chi connectivity index (χ1v) is 5.62. The maximum absolute atomic E-state index is 13.2. The SMILES string of the molecule is CN(CCC(=O)O)Cc1ccc(Br)c(F)c1. The van der Waals surface area contributed by atoms with Crippen molar-refractivity contribution in [3.63, 3.8) is 0 Å². The lowest BCUT2D eigenvalue weighted by atomic mass is 10.2. The Kier molecular flexibility index (Phi) is 4.89. The Labute approximate surface area is 102 Å². The molecule has 0 bridgehead atoms. The quantitative estimate of drug-likeness (QED) is 0.905. The van der Waals surface area contributed by atoms with Crippen LogP contribution in [0.5, 0.6) is 0 Å². The average Bonchev–Trinajstić information content (AvgIpc) is 2.21. The van der Waals surface area contributed by atoms with Crippen LogP contribution in [0.25, 0.3) is 0 Å². The Balaban J connectivity index is 2.52. The second-order valence-electron chi connectivity index (χ2n) is 3.63. The van der Waals surface area contributed by atoms with Gasteiger partial charge in [-0.1, -0.05) is 6.07 Å². The number of carboxylic acids is 1. The van der Waals surface area contributed by atoms with Gasteiger partial charge >= 0.3 is 5.97 Å². The van der Waals surface area contributed by atoms with Crippen LogP contribution < -0.4 is 0 Å². The Hall–Kier alpha value is -0.940. The summed E-state index contributed by atoms with van der Waals surface area (Å²) in [7, 11) is 1.81. The van der Waals surface area contributed by atoms with Gasteiger partial charge in [-0.25, -0.2) is 4.39 Å². The molecule has 16 heavy (non-hydrogen) atoms. The zero-order valence-corrected chi connectivity index (χ0v) is 10.5. The van der Waals surface area contributed by atoms with Crippen molar-refractivity contribution in [3.8, 4) is 0 Å². The minimum Gasteiger partial charge on any atom is -0.481 e. The van der Waals surface area contributed by atoms with E-state index in [0.717, 1.165) is 5.56 Å². The topological polar surface area (TPSA) is 40.5 Å².